The predicted molar refractivity (Wildman–Crippen MR) is 126 cm³/mol. The molecule has 0 spiro atoms. The highest BCUT2D eigenvalue weighted by atomic mass is 35.5. The van der Waals surface area contributed by atoms with Gasteiger partial charge in [0.05, 0.1) is 21.3 Å². The summed E-state index contributed by atoms with van der Waals surface area (Å²) in [6.45, 7) is 1.98. The minimum Gasteiger partial charge on any atom is -0.322 e. The average molecular weight is 448 g/mol. The molecule has 1 amide bonds. The summed E-state index contributed by atoms with van der Waals surface area (Å²) in [7, 11) is 0. The van der Waals surface area contributed by atoms with Crippen molar-refractivity contribution in [3.63, 3.8) is 0 Å². The third kappa shape index (κ3) is 4.93. The molecule has 2 aromatic heterocycles. The van der Waals surface area contributed by atoms with Crippen molar-refractivity contribution >= 4 is 34.8 Å². The first-order chi connectivity index (χ1) is 15.0. The van der Waals surface area contributed by atoms with E-state index in [4.69, 9.17) is 23.2 Å². The fourth-order valence-corrected chi connectivity index (χ4v) is 3.80. The van der Waals surface area contributed by atoms with Crippen LogP contribution in [0.2, 0.25) is 10.0 Å². The molecule has 0 bridgehead atoms. The minimum atomic E-state index is -0.289. The van der Waals surface area contributed by atoms with E-state index in [1.165, 1.54) is 0 Å². The second kappa shape index (κ2) is 9.29. The number of nitrogens with zero attached hydrogens (tertiary/aromatic N) is 2. The van der Waals surface area contributed by atoms with Crippen LogP contribution in [0, 0.1) is 6.92 Å². The monoisotopic (exact) mass is 447 g/mol. The van der Waals surface area contributed by atoms with Crippen molar-refractivity contribution in [3.8, 4) is 11.3 Å². The number of aromatic nitrogens is 2. The van der Waals surface area contributed by atoms with Crippen LogP contribution >= 0.6 is 23.2 Å². The number of hydrogen-bond acceptors (Lipinski definition) is 3. The van der Waals surface area contributed by atoms with Gasteiger partial charge in [-0.1, -0.05) is 41.4 Å². The summed E-state index contributed by atoms with van der Waals surface area (Å²) in [6, 6.07) is 20.3. The fourth-order valence-electron chi connectivity index (χ4n) is 3.30. The van der Waals surface area contributed by atoms with Gasteiger partial charge in [-0.05, 0) is 73.0 Å². The fraction of sp³-hybridized carbons (Fsp3) is 0.0800. The zero-order valence-corrected chi connectivity index (χ0v) is 18.3. The number of pyridine rings is 2. The first kappa shape index (κ1) is 21.0. The van der Waals surface area contributed by atoms with Crippen LogP contribution < -0.4 is 5.32 Å². The van der Waals surface area contributed by atoms with Gasteiger partial charge < -0.3 is 5.32 Å². The van der Waals surface area contributed by atoms with Gasteiger partial charge in [-0.3, -0.25) is 14.8 Å². The van der Waals surface area contributed by atoms with E-state index in [-0.39, 0.29) is 5.91 Å². The molecule has 4 aromatic rings. The Morgan fingerprint density at radius 1 is 0.903 bits per heavy atom. The molecule has 0 saturated carbocycles. The van der Waals surface area contributed by atoms with E-state index in [2.05, 4.69) is 15.3 Å². The second-order valence-corrected chi connectivity index (χ2v) is 7.92. The van der Waals surface area contributed by atoms with E-state index in [0.29, 0.717) is 27.7 Å². The normalized spacial score (nSPS) is 10.7. The highest BCUT2D eigenvalue weighted by Gasteiger charge is 2.13. The molecule has 0 aliphatic carbocycles. The van der Waals surface area contributed by atoms with Gasteiger partial charge in [0.25, 0.3) is 5.91 Å². The lowest BCUT2D eigenvalue weighted by atomic mass is 10.0. The Balaban J connectivity index is 1.53. The standard InChI is InChI=1S/C25H19Cl2N3O/c1-16-18(5-4-12-28-16)13-17-7-9-20(23(27)14-17)25(31)30-19-8-10-22(26)21(15-19)24-6-2-3-11-29-24/h2-12,14-15H,13H2,1H3,(H,30,31). The number of aryl methyl sites for hydroxylation is 1. The largest absolute Gasteiger partial charge is 0.322 e. The molecular weight excluding hydrogens is 429 g/mol. The Morgan fingerprint density at radius 2 is 1.74 bits per heavy atom. The molecule has 0 fully saturated rings. The minimum absolute atomic E-state index is 0.289. The number of anilines is 1. The number of rotatable bonds is 5. The quantitative estimate of drug-likeness (QED) is 0.374. The number of benzene rings is 2. The highest BCUT2D eigenvalue weighted by Crippen LogP contribution is 2.30. The second-order valence-electron chi connectivity index (χ2n) is 7.10. The summed E-state index contributed by atoms with van der Waals surface area (Å²) in [4.78, 5) is 21.5. The van der Waals surface area contributed by atoms with E-state index in [0.717, 1.165) is 28.1 Å². The highest BCUT2D eigenvalue weighted by molar-refractivity contribution is 6.35. The Morgan fingerprint density at radius 3 is 2.48 bits per heavy atom. The number of halogens is 2. The molecule has 31 heavy (non-hydrogen) atoms. The smallest absolute Gasteiger partial charge is 0.257 e. The van der Waals surface area contributed by atoms with Gasteiger partial charge in [-0.15, -0.1) is 0 Å². The summed E-state index contributed by atoms with van der Waals surface area (Å²) in [6.07, 6.45) is 4.17. The molecular formula is C25H19Cl2N3O. The van der Waals surface area contributed by atoms with Gasteiger partial charge in [0, 0.05) is 29.3 Å². The molecule has 0 saturated heterocycles. The van der Waals surface area contributed by atoms with E-state index < -0.39 is 0 Å². The van der Waals surface area contributed by atoms with Crippen molar-refractivity contribution in [3.05, 3.63) is 112 Å². The van der Waals surface area contributed by atoms with Crippen LogP contribution in [0.15, 0.2) is 79.1 Å². The van der Waals surface area contributed by atoms with Crippen molar-refractivity contribution in [2.45, 2.75) is 13.3 Å². The zero-order valence-electron chi connectivity index (χ0n) is 16.8. The maximum absolute atomic E-state index is 12.8. The molecule has 6 heteroatoms. The maximum Gasteiger partial charge on any atom is 0.257 e. The lowest BCUT2D eigenvalue weighted by Gasteiger charge is -2.11. The predicted octanol–water partition coefficient (Wildman–Crippen LogP) is 6.60. The van der Waals surface area contributed by atoms with Crippen LogP contribution in [-0.2, 0) is 6.42 Å². The van der Waals surface area contributed by atoms with Gasteiger partial charge in [-0.2, -0.15) is 0 Å². The van der Waals surface area contributed by atoms with Crippen LogP contribution in [0.25, 0.3) is 11.3 Å². The molecule has 2 aromatic carbocycles. The number of nitrogens with one attached hydrogen (secondary N) is 1. The van der Waals surface area contributed by atoms with Gasteiger partial charge >= 0.3 is 0 Å². The molecule has 0 radical (unpaired) electrons. The maximum atomic E-state index is 12.8. The summed E-state index contributed by atoms with van der Waals surface area (Å²) in [5.41, 5.74) is 5.61. The van der Waals surface area contributed by atoms with Crippen LogP contribution in [0.5, 0.6) is 0 Å². The Bertz CT molecular complexity index is 1240. The first-order valence-electron chi connectivity index (χ1n) is 9.72. The topological polar surface area (TPSA) is 54.9 Å². The van der Waals surface area contributed by atoms with Crippen LogP contribution in [-0.4, -0.2) is 15.9 Å². The SMILES string of the molecule is Cc1ncccc1Cc1ccc(C(=O)Nc2ccc(Cl)c(-c3ccccn3)c2)c(Cl)c1. The summed E-state index contributed by atoms with van der Waals surface area (Å²) in [5.74, 6) is -0.289. The van der Waals surface area contributed by atoms with Crippen molar-refractivity contribution < 1.29 is 4.79 Å². The number of amides is 1. The molecule has 4 nitrogen and oxygen atoms in total. The van der Waals surface area contributed by atoms with Crippen LogP contribution in [0.1, 0.15) is 27.2 Å². The Hall–Kier alpha value is -3.21. The van der Waals surface area contributed by atoms with Crippen LogP contribution in [0.4, 0.5) is 5.69 Å². The van der Waals surface area contributed by atoms with E-state index in [1.807, 2.05) is 49.4 Å². The van der Waals surface area contributed by atoms with Gasteiger partial charge in [-0.25, -0.2) is 0 Å². The molecule has 4 rings (SSSR count). The van der Waals surface area contributed by atoms with E-state index in [1.54, 1.807) is 36.7 Å². The van der Waals surface area contributed by atoms with Gasteiger partial charge in [0.15, 0.2) is 0 Å². The van der Waals surface area contributed by atoms with E-state index in [9.17, 15) is 4.79 Å². The van der Waals surface area contributed by atoms with E-state index >= 15 is 0 Å². The third-order valence-electron chi connectivity index (χ3n) is 4.95. The van der Waals surface area contributed by atoms with Gasteiger partial charge in [0.1, 0.15) is 0 Å². The van der Waals surface area contributed by atoms with Gasteiger partial charge in [0.2, 0.25) is 0 Å². The van der Waals surface area contributed by atoms with Crippen molar-refractivity contribution in [1.82, 2.24) is 9.97 Å². The van der Waals surface area contributed by atoms with Crippen molar-refractivity contribution in [2.75, 3.05) is 5.32 Å². The molecule has 0 aliphatic rings. The number of hydrogen-bond donors (Lipinski definition) is 1. The zero-order chi connectivity index (χ0) is 21.8. The summed E-state index contributed by atoms with van der Waals surface area (Å²) < 4.78 is 0. The third-order valence-corrected chi connectivity index (χ3v) is 5.60. The molecule has 1 N–H and O–H groups in total. The summed E-state index contributed by atoms with van der Waals surface area (Å²) in [5, 5.41) is 3.85. The Kier molecular flexibility index (Phi) is 6.31. The number of carbonyl (C=O) groups excluding carboxylic acids is 1. The average Bonchev–Trinajstić information content (AvgIpc) is 2.77. The van der Waals surface area contributed by atoms with Crippen molar-refractivity contribution in [1.29, 1.82) is 0 Å². The lowest BCUT2D eigenvalue weighted by molar-refractivity contribution is 0.102. The van der Waals surface area contributed by atoms with Crippen molar-refractivity contribution in [2.24, 2.45) is 0 Å². The summed E-state index contributed by atoms with van der Waals surface area (Å²) >= 11 is 12.8. The molecule has 154 valence electrons. The molecule has 0 unspecified atom stereocenters. The van der Waals surface area contributed by atoms with Crippen LogP contribution in [0.3, 0.4) is 0 Å². The lowest BCUT2D eigenvalue weighted by Crippen LogP contribution is -2.12. The number of carbonyl (C=O) groups is 1. The molecule has 2 heterocycles. The molecule has 0 atom stereocenters. The first-order valence-corrected chi connectivity index (χ1v) is 10.5. The molecule has 0 aliphatic heterocycles. The Labute approximate surface area is 190 Å².